The second-order valence-corrected chi connectivity index (χ2v) is 2.58. The van der Waals surface area contributed by atoms with Crippen LogP contribution < -0.4 is 5.43 Å². The second kappa shape index (κ2) is 4.07. The Labute approximate surface area is 82.3 Å². The van der Waals surface area contributed by atoms with E-state index < -0.39 is 34.8 Å². The number of esters is 1. The maximum atomic E-state index is 12.4. The second-order valence-electron chi connectivity index (χ2n) is 2.58. The third kappa shape index (κ3) is 1.95. The standard InChI is InChI=1S/C8H7F2NO4/c1-15-8(14)4-5(7(9)10)11-2-3(12)6(4)13/h2,7,12H,1H3,(H,11,13). The fourth-order valence-electron chi connectivity index (χ4n) is 1.01. The van der Waals surface area contributed by atoms with Gasteiger partial charge in [0.25, 0.3) is 6.43 Å². The summed E-state index contributed by atoms with van der Waals surface area (Å²) in [6.07, 6.45) is -2.34. The van der Waals surface area contributed by atoms with Crippen molar-refractivity contribution in [2.24, 2.45) is 0 Å². The smallest absolute Gasteiger partial charge is 0.344 e. The van der Waals surface area contributed by atoms with Crippen LogP contribution in [0.2, 0.25) is 0 Å². The van der Waals surface area contributed by atoms with Crippen LogP contribution in [0.5, 0.6) is 5.75 Å². The highest BCUT2D eigenvalue weighted by Gasteiger charge is 2.24. The van der Waals surface area contributed by atoms with Crippen molar-refractivity contribution in [2.75, 3.05) is 7.11 Å². The van der Waals surface area contributed by atoms with Crippen molar-refractivity contribution in [2.45, 2.75) is 6.43 Å². The number of carbonyl (C=O) groups is 1. The van der Waals surface area contributed by atoms with Gasteiger partial charge in [-0.2, -0.15) is 0 Å². The molecule has 15 heavy (non-hydrogen) atoms. The van der Waals surface area contributed by atoms with Crippen LogP contribution in [-0.2, 0) is 4.74 Å². The highest BCUT2D eigenvalue weighted by atomic mass is 19.3. The minimum Gasteiger partial charge on any atom is -0.503 e. The Kier molecular flexibility index (Phi) is 3.03. The van der Waals surface area contributed by atoms with Gasteiger partial charge >= 0.3 is 5.97 Å². The molecule has 0 aromatic carbocycles. The third-order valence-corrected chi connectivity index (χ3v) is 1.70. The van der Waals surface area contributed by atoms with E-state index >= 15 is 0 Å². The highest BCUT2D eigenvalue weighted by molar-refractivity contribution is 5.90. The molecule has 0 unspecified atom stereocenters. The quantitative estimate of drug-likeness (QED) is 0.721. The monoisotopic (exact) mass is 219 g/mol. The van der Waals surface area contributed by atoms with Gasteiger partial charge in [0.1, 0.15) is 11.3 Å². The van der Waals surface area contributed by atoms with E-state index in [1.165, 1.54) is 0 Å². The topological polar surface area (TPSA) is 79.4 Å². The van der Waals surface area contributed by atoms with Gasteiger partial charge in [-0.3, -0.25) is 4.79 Å². The molecule has 0 amide bonds. The van der Waals surface area contributed by atoms with Crippen LogP contribution in [0.3, 0.4) is 0 Å². The molecule has 1 rings (SSSR count). The molecule has 1 heterocycles. The summed E-state index contributed by atoms with van der Waals surface area (Å²) in [4.78, 5) is 24.2. The fourth-order valence-corrected chi connectivity index (χ4v) is 1.01. The van der Waals surface area contributed by atoms with Crippen molar-refractivity contribution >= 4 is 5.97 Å². The van der Waals surface area contributed by atoms with Crippen LogP contribution in [0.4, 0.5) is 8.78 Å². The number of ether oxygens (including phenoxy) is 1. The van der Waals surface area contributed by atoms with Crippen molar-refractivity contribution in [1.29, 1.82) is 0 Å². The number of carbonyl (C=O) groups excluding carboxylic acids is 1. The lowest BCUT2D eigenvalue weighted by Crippen LogP contribution is -2.20. The summed E-state index contributed by atoms with van der Waals surface area (Å²) in [6, 6.07) is 0. The molecule has 0 radical (unpaired) electrons. The molecule has 0 saturated heterocycles. The first-order chi connectivity index (χ1) is 6.99. The van der Waals surface area contributed by atoms with E-state index in [0.717, 1.165) is 7.11 Å². The van der Waals surface area contributed by atoms with E-state index in [0.29, 0.717) is 6.20 Å². The normalized spacial score (nSPS) is 10.4. The molecule has 0 aliphatic carbocycles. The molecule has 0 saturated carbocycles. The largest absolute Gasteiger partial charge is 0.503 e. The molecule has 0 aliphatic heterocycles. The molecular formula is C8H7F2NO4. The van der Waals surface area contributed by atoms with Crippen molar-refractivity contribution in [3.63, 3.8) is 0 Å². The van der Waals surface area contributed by atoms with E-state index in [2.05, 4.69) is 4.74 Å². The molecular weight excluding hydrogens is 212 g/mol. The summed E-state index contributed by atoms with van der Waals surface area (Å²) in [6.45, 7) is 0. The van der Waals surface area contributed by atoms with Gasteiger partial charge in [0.15, 0.2) is 5.75 Å². The molecule has 1 aromatic heterocycles. The summed E-state index contributed by atoms with van der Waals surface area (Å²) >= 11 is 0. The minimum absolute atomic E-state index is 0.691. The Balaban J connectivity index is 3.49. The number of rotatable bonds is 2. The van der Waals surface area contributed by atoms with Gasteiger partial charge in [0.2, 0.25) is 5.43 Å². The van der Waals surface area contributed by atoms with Crippen LogP contribution in [0.25, 0.3) is 0 Å². The van der Waals surface area contributed by atoms with Crippen LogP contribution >= 0.6 is 0 Å². The van der Waals surface area contributed by atoms with Gasteiger partial charge in [-0.15, -0.1) is 0 Å². The number of aromatic nitrogens is 1. The molecule has 0 spiro atoms. The average Bonchev–Trinajstić information content (AvgIpc) is 2.20. The first-order valence-electron chi connectivity index (χ1n) is 3.80. The maximum Gasteiger partial charge on any atom is 0.344 e. The first-order valence-corrected chi connectivity index (χ1v) is 3.80. The van der Waals surface area contributed by atoms with Crippen LogP contribution in [0.1, 0.15) is 22.5 Å². The summed E-state index contributed by atoms with van der Waals surface area (Å²) in [5.41, 5.74) is -2.94. The number of nitrogens with one attached hydrogen (secondary N) is 1. The highest BCUT2D eigenvalue weighted by Crippen LogP contribution is 2.20. The lowest BCUT2D eigenvalue weighted by molar-refractivity contribution is 0.0584. The van der Waals surface area contributed by atoms with E-state index in [9.17, 15) is 18.4 Å². The lowest BCUT2D eigenvalue weighted by atomic mass is 10.2. The Hall–Kier alpha value is -1.92. The van der Waals surface area contributed by atoms with Gasteiger partial charge in [-0.05, 0) is 0 Å². The van der Waals surface area contributed by atoms with E-state index in [1.807, 2.05) is 4.98 Å². The van der Waals surface area contributed by atoms with E-state index in [1.54, 1.807) is 0 Å². The fraction of sp³-hybridized carbons (Fsp3) is 0.250. The van der Waals surface area contributed by atoms with Crippen molar-refractivity contribution < 1.29 is 23.4 Å². The van der Waals surface area contributed by atoms with E-state index in [4.69, 9.17) is 5.11 Å². The summed E-state index contributed by atoms with van der Waals surface area (Å²) in [7, 11) is 0.946. The molecule has 0 atom stereocenters. The van der Waals surface area contributed by atoms with Crippen LogP contribution in [0.15, 0.2) is 11.0 Å². The molecule has 1 aromatic rings. The zero-order valence-electron chi connectivity index (χ0n) is 7.58. The number of halogens is 2. The van der Waals surface area contributed by atoms with Gasteiger partial charge in [-0.1, -0.05) is 0 Å². The Morgan fingerprint density at radius 2 is 2.20 bits per heavy atom. The summed E-state index contributed by atoms with van der Waals surface area (Å²) < 4.78 is 28.9. The number of H-pyrrole nitrogens is 1. The van der Waals surface area contributed by atoms with Crippen LogP contribution in [-0.4, -0.2) is 23.2 Å². The average molecular weight is 219 g/mol. The molecule has 82 valence electrons. The first kappa shape index (κ1) is 11.2. The van der Waals surface area contributed by atoms with E-state index in [-0.39, 0.29) is 0 Å². The number of hydrogen-bond acceptors (Lipinski definition) is 4. The number of aromatic amines is 1. The lowest BCUT2D eigenvalue weighted by Gasteiger charge is -2.06. The predicted octanol–water partition coefficient (Wildman–Crippen LogP) is 0.805. The Bertz CT molecular complexity index is 441. The zero-order chi connectivity index (χ0) is 11.6. The molecule has 5 nitrogen and oxygen atoms in total. The SMILES string of the molecule is COC(=O)c1c(C(F)F)[nH]cc(O)c1=O. The van der Waals surface area contributed by atoms with Gasteiger partial charge in [0.05, 0.1) is 7.11 Å². The summed E-state index contributed by atoms with van der Waals surface area (Å²) in [5, 5.41) is 8.95. The van der Waals surface area contributed by atoms with Crippen LogP contribution in [0, 0.1) is 0 Å². The molecule has 2 N–H and O–H groups in total. The number of alkyl halides is 2. The Morgan fingerprint density at radius 1 is 1.60 bits per heavy atom. The third-order valence-electron chi connectivity index (χ3n) is 1.70. The molecule has 0 aliphatic rings. The number of methoxy groups -OCH3 is 1. The number of hydrogen-bond donors (Lipinski definition) is 2. The van der Waals surface area contributed by atoms with Gasteiger partial charge in [0, 0.05) is 6.20 Å². The molecule has 7 heteroatoms. The zero-order valence-corrected chi connectivity index (χ0v) is 7.58. The Morgan fingerprint density at radius 3 is 2.67 bits per heavy atom. The van der Waals surface area contributed by atoms with Crippen molar-refractivity contribution in [3.05, 3.63) is 27.7 Å². The number of aromatic hydroxyl groups is 1. The van der Waals surface area contributed by atoms with Gasteiger partial charge < -0.3 is 14.8 Å². The van der Waals surface area contributed by atoms with Gasteiger partial charge in [-0.25, -0.2) is 13.6 Å². The van der Waals surface area contributed by atoms with Crippen molar-refractivity contribution in [1.82, 2.24) is 4.98 Å². The van der Waals surface area contributed by atoms with Crippen molar-refractivity contribution in [3.8, 4) is 5.75 Å². The molecule has 0 bridgehead atoms. The maximum absolute atomic E-state index is 12.4. The minimum atomic E-state index is -3.03. The molecule has 0 fully saturated rings. The predicted molar refractivity (Wildman–Crippen MR) is 45.0 cm³/mol. The number of pyridine rings is 1. The summed E-state index contributed by atoms with van der Waals surface area (Å²) in [5.74, 6) is -2.04.